The number of methoxy groups -OCH3 is 2. The fourth-order valence-electron chi connectivity index (χ4n) is 1.78. The van der Waals surface area contributed by atoms with E-state index in [0.717, 1.165) is 11.5 Å². The Morgan fingerprint density at radius 3 is 2.62 bits per heavy atom. The molecule has 0 spiro atoms. The van der Waals surface area contributed by atoms with Crippen LogP contribution >= 0.6 is 0 Å². The first-order chi connectivity index (χ1) is 10.2. The molecule has 0 aliphatic carbocycles. The Morgan fingerprint density at radius 1 is 1.14 bits per heavy atom. The number of rotatable bonds is 4. The van der Waals surface area contributed by atoms with Crippen LogP contribution in [0.4, 0.5) is 5.69 Å². The van der Waals surface area contributed by atoms with Gasteiger partial charge in [0.05, 0.1) is 31.5 Å². The van der Waals surface area contributed by atoms with Crippen LogP contribution in [0.5, 0.6) is 0 Å². The molecule has 2 aromatic rings. The van der Waals surface area contributed by atoms with Gasteiger partial charge in [-0.15, -0.1) is 0 Å². The van der Waals surface area contributed by atoms with Crippen LogP contribution < -0.4 is 5.32 Å². The van der Waals surface area contributed by atoms with E-state index in [1.807, 2.05) is 24.3 Å². The second kappa shape index (κ2) is 6.51. The molecule has 0 aliphatic heterocycles. The highest BCUT2D eigenvalue weighted by Gasteiger charge is 2.14. The molecule has 0 saturated heterocycles. The standard InChI is InChI=1S/C15H14N2O4/c1-20-13(18)9-12(15(19)21-2)17-11-7-3-5-10-6-4-8-16-14(10)11/h3-9,17H,1-2H3/b12-9+. The summed E-state index contributed by atoms with van der Waals surface area (Å²) in [5, 5.41) is 3.77. The highest BCUT2D eigenvalue weighted by Crippen LogP contribution is 2.22. The van der Waals surface area contributed by atoms with Gasteiger partial charge in [-0.1, -0.05) is 18.2 Å². The fraction of sp³-hybridized carbons (Fsp3) is 0.133. The minimum atomic E-state index is -0.673. The molecular weight excluding hydrogens is 272 g/mol. The number of esters is 2. The Kier molecular flexibility index (Phi) is 4.50. The second-order valence-electron chi connectivity index (χ2n) is 4.08. The number of carbonyl (C=O) groups excluding carboxylic acids is 2. The van der Waals surface area contributed by atoms with E-state index in [-0.39, 0.29) is 5.70 Å². The smallest absolute Gasteiger partial charge is 0.354 e. The number of aromatic nitrogens is 1. The predicted molar refractivity (Wildman–Crippen MR) is 77.5 cm³/mol. The van der Waals surface area contributed by atoms with Crippen molar-refractivity contribution in [1.82, 2.24) is 4.98 Å². The molecule has 0 atom stereocenters. The van der Waals surface area contributed by atoms with Crippen molar-refractivity contribution in [2.45, 2.75) is 0 Å². The van der Waals surface area contributed by atoms with Gasteiger partial charge in [0, 0.05) is 11.6 Å². The molecule has 0 radical (unpaired) electrons. The maximum absolute atomic E-state index is 11.7. The Morgan fingerprint density at radius 2 is 1.90 bits per heavy atom. The van der Waals surface area contributed by atoms with Gasteiger partial charge in [-0.05, 0) is 12.1 Å². The van der Waals surface area contributed by atoms with E-state index in [2.05, 4.69) is 19.8 Å². The zero-order valence-corrected chi connectivity index (χ0v) is 11.6. The second-order valence-corrected chi connectivity index (χ2v) is 4.08. The molecular formula is C15H14N2O4. The highest BCUT2D eigenvalue weighted by molar-refractivity contribution is 6.01. The molecule has 1 aromatic carbocycles. The SMILES string of the molecule is COC(=O)/C=C(/Nc1cccc2cccnc12)C(=O)OC. The molecule has 1 N–H and O–H groups in total. The van der Waals surface area contributed by atoms with Crippen molar-refractivity contribution in [2.75, 3.05) is 19.5 Å². The lowest BCUT2D eigenvalue weighted by atomic mass is 10.2. The van der Waals surface area contributed by atoms with Crippen LogP contribution in [-0.4, -0.2) is 31.1 Å². The lowest BCUT2D eigenvalue weighted by molar-refractivity contribution is -0.138. The van der Waals surface area contributed by atoms with E-state index in [4.69, 9.17) is 0 Å². The molecule has 6 nitrogen and oxygen atoms in total. The topological polar surface area (TPSA) is 77.5 Å². The number of carbonyl (C=O) groups is 2. The summed E-state index contributed by atoms with van der Waals surface area (Å²) in [5.41, 5.74) is 1.25. The number of nitrogens with one attached hydrogen (secondary N) is 1. The van der Waals surface area contributed by atoms with Crippen LogP contribution in [0.3, 0.4) is 0 Å². The van der Waals surface area contributed by atoms with E-state index in [9.17, 15) is 9.59 Å². The number of para-hydroxylation sites is 1. The van der Waals surface area contributed by atoms with Gasteiger partial charge in [0.15, 0.2) is 0 Å². The van der Waals surface area contributed by atoms with Gasteiger partial charge in [-0.2, -0.15) is 0 Å². The van der Waals surface area contributed by atoms with Crippen molar-refractivity contribution in [3.63, 3.8) is 0 Å². The third-order valence-electron chi connectivity index (χ3n) is 2.77. The fourth-order valence-corrected chi connectivity index (χ4v) is 1.78. The summed E-state index contributed by atoms with van der Waals surface area (Å²) in [4.78, 5) is 27.3. The number of fused-ring (bicyclic) bond motifs is 1. The van der Waals surface area contributed by atoms with Crippen molar-refractivity contribution in [3.05, 3.63) is 48.3 Å². The largest absolute Gasteiger partial charge is 0.466 e. The zero-order valence-electron chi connectivity index (χ0n) is 11.6. The van der Waals surface area contributed by atoms with Crippen molar-refractivity contribution < 1.29 is 19.1 Å². The maximum Gasteiger partial charge on any atom is 0.354 e. The number of benzene rings is 1. The van der Waals surface area contributed by atoms with Crippen LogP contribution in [0.2, 0.25) is 0 Å². The van der Waals surface area contributed by atoms with E-state index in [0.29, 0.717) is 11.2 Å². The molecule has 2 rings (SSSR count). The average Bonchev–Trinajstić information content (AvgIpc) is 2.53. The average molecular weight is 286 g/mol. The van der Waals surface area contributed by atoms with Crippen LogP contribution in [-0.2, 0) is 19.1 Å². The number of hydrogen-bond acceptors (Lipinski definition) is 6. The highest BCUT2D eigenvalue weighted by atomic mass is 16.5. The Hall–Kier alpha value is -2.89. The first-order valence-electron chi connectivity index (χ1n) is 6.14. The maximum atomic E-state index is 11.7. The number of hydrogen-bond donors (Lipinski definition) is 1. The van der Waals surface area contributed by atoms with Crippen LogP contribution in [0.1, 0.15) is 0 Å². The summed E-state index contributed by atoms with van der Waals surface area (Å²) >= 11 is 0. The molecule has 1 heterocycles. The Bertz CT molecular complexity index is 704. The summed E-state index contributed by atoms with van der Waals surface area (Å²) < 4.78 is 9.17. The minimum Gasteiger partial charge on any atom is -0.466 e. The third-order valence-corrected chi connectivity index (χ3v) is 2.77. The normalized spacial score (nSPS) is 11.0. The molecule has 108 valence electrons. The van der Waals surface area contributed by atoms with Crippen LogP contribution in [0.15, 0.2) is 48.3 Å². The van der Waals surface area contributed by atoms with Crippen LogP contribution in [0, 0.1) is 0 Å². The molecule has 1 aromatic heterocycles. The van der Waals surface area contributed by atoms with Crippen molar-refractivity contribution >= 4 is 28.5 Å². The summed E-state index contributed by atoms with van der Waals surface area (Å²) in [7, 11) is 2.46. The molecule has 6 heteroatoms. The van der Waals surface area contributed by atoms with E-state index >= 15 is 0 Å². The van der Waals surface area contributed by atoms with E-state index in [1.54, 1.807) is 12.3 Å². The molecule has 0 unspecified atom stereocenters. The Labute approximate surface area is 121 Å². The van der Waals surface area contributed by atoms with Gasteiger partial charge >= 0.3 is 11.9 Å². The molecule has 0 saturated carbocycles. The summed E-state index contributed by atoms with van der Waals surface area (Å²) in [6, 6.07) is 9.19. The monoisotopic (exact) mass is 286 g/mol. The molecule has 0 bridgehead atoms. The Balaban J connectivity index is 2.41. The van der Waals surface area contributed by atoms with E-state index < -0.39 is 11.9 Å². The number of anilines is 1. The summed E-state index contributed by atoms with van der Waals surface area (Å²) in [6.45, 7) is 0. The first-order valence-corrected chi connectivity index (χ1v) is 6.14. The minimum absolute atomic E-state index is 0.0255. The summed E-state index contributed by atoms with van der Waals surface area (Å²) in [5.74, 6) is -1.33. The quantitative estimate of drug-likeness (QED) is 0.683. The number of ether oxygens (including phenoxy) is 2. The van der Waals surface area contributed by atoms with Gasteiger partial charge in [0.2, 0.25) is 0 Å². The van der Waals surface area contributed by atoms with Gasteiger partial charge < -0.3 is 14.8 Å². The number of nitrogens with zero attached hydrogens (tertiary/aromatic N) is 1. The summed E-state index contributed by atoms with van der Waals surface area (Å²) in [6.07, 6.45) is 2.68. The number of pyridine rings is 1. The molecule has 0 amide bonds. The first kappa shape index (κ1) is 14.5. The van der Waals surface area contributed by atoms with Crippen molar-refractivity contribution in [1.29, 1.82) is 0 Å². The van der Waals surface area contributed by atoms with Gasteiger partial charge in [-0.3, -0.25) is 4.98 Å². The molecule has 0 fully saturated rings. The van der Waals surface area contributed by atoms with Crippen molar-refractivity contribution in [3.8, 4) is 0 Å². The molecule has 0 aliphatic rings. The lowest BCUT2D eigenvalue weighted by Crippen LogP contribution is -2.15. The van der Waals surface area contributed by atoms with Crippen LogP contribution in [0.25, 0.3) is 10.9 Å². The van der Waals surface area contributed by atoms with E-state index in [1.165, 1.54) is 14.2 Å². The zero-order chi connectivity index (χ0) is 15.2. The molecule has 21 heavy (non-hydrogen) atoms. The van der Waals surface area contributed by atoms with Crippen molar-refractivity contribution in [2.24, 2.45) is 0 Å². The van der Waals surface area contributed by atoms with Gasteiger partial charge in [0.25, 0.3) is 0 Å². The van der Waals surface area contributed by atoms with Gasteiger partial charge in [0.1, 0.15) is 5.70 Å². The lowest BCUT2D eigenvalue weighted by Gasteiger charge is -2.10. The predicted octanol–water partition coefficient (Wildman–Crippen LogP) is 1.88. The van der Waals surface area contributed by atoms with Gasteiger partial charge in [-0.25, -0.2) is 9.59 Å². The third kappa shape index (κ3) is 3.36.